The zero-order chi connectivity index (χ0) is 72.2. The number of hydrogen-bond donors (Lipinski definition) is 10. The van der Waals surface area contributed by atoms with Crippen LogP contribution in [-0.2, 0) is 79.7 Å². The Bertz CT molecular complexity index is 4800. The molecule has 4 aliphatic heterocycles. The second kappa shape index (κ2) is 31.9. The molecule has 2 unspecified atom stereocenters. The molecule has 11 atom stereocenters. The predicted molar refractivity (Wildman–Crippen MR) is 387 cm³/mol. The standard InChI is InChI=1S/C64H74N17O16P3S3/c1-98(88,101)92-28-11-3-2-10-26-67-47(82)16-8-9-17-48(83)78-30-39-12-4-5-13-42(39)49-54(43-14-6-7-15-44(43)78)81(77-74-49)27-29-91-40-24-20-38(21-25-40)63(87)95-41-22-18-37(19-23-41)33-103-100(90)76-51-45(96-61(56(51)85)79-35-70-52-57(65)68-34-69-58(52)79)31-93-99(89,102)75-50-46(32-94-100)97-62(55(50)84)80-36-71-53-59(80)72-64(66)73-60(53)86/h4-7,12-15,18-25,34-36,45-46,50-51,55-56,61-62,84-85H,2-3,8-11,16-17,26-33H2,1H3,(H,67,82)(H,76,90)(H,88,101)(H2,65,68,69)(H2,75,89,102)(H3,66,72,73,86)/t45-,46-,50-,51-,55-,56-,61-,62-,98?,99?,100-/m1/s1. The number of aromatic amines is 1. The van der Waals surface area contributed by atoms with Gasteiger partial charge in [-0.2, -0.15) is 4.98 Å². The van der Waals surface area contributed by atoms with Gasteiger partial charge in [0.25, 0.3) is 12.2 Å². The van der Waals surface area contributed by atoms with Crippen molar-refractivity contribution in [3.63, 3.8) is 0 Å². The number of nitrogens with one attached hydrogen (secondary N) is 4. The molecule has 9 aromatic rings. The number of imidazole rings is 2. The number of nitrogens with two attached hydrogens (primary N) is 2. The third kappa shape index (κ3) is 17.1. The molecule has 103 heavy (non-hydrogen) atoms. The summed E-state index contributed by atoms with van der Waals surface area (Å²) in [5.41, 5.74) is 17.1. The number of carbonyl (C=O) groups excluding carboxylic acids is 3. The van der Waals surface area contributed by atoms with Gasteiger partial charge < -0.3 is 74.2 Å². The first kappa shape index (κ1) is 73.5. The quantitative estimate of drug-likeness (QED) is 0.0141. The van der Waals surface area contributed by atoms with Crippen molar-refractivity contribution in [1.29, 1.82) is 0 Å². The van der Waals surface area contributed by atoms with Gasteiger partial charge in [0, 0.05) is 42.9 Å². The van der Waals surface area contributed by atoms with Crippen LogP contribution < -0.4 is 46.9 Å². The molecule has 0 spiro atoms. The number of aliphatic hydroxyl groups is 2. The van der Waals surface area contributed by atoms with Gasteiger partial charge in [-0.25, -0.2) is 39.6 Å². The van der Waals surface area contributed by atoms with Crippen molar-refractivity contribution in [2.75, 3.05) is 56.0 Å². The van der Waals surface area contributed by atoms with E-state index in [4.69, 9.17) is 67.6 Å². The first-order valence-electron chi connectivity index (χ1n) is 33.0. The molecule has 0 saturated carbocycles. The number of fused-ring (bicyclic) bond motifs is 9. The van der Waals surface area contributed by atoms with E-state index in [-0.39, 0.29) is 82.5 Å². The number of H-pyrrole nitrogens is 1. The van der Waals surface area contributed by atoms with Crippen LogP contribution in [0.25, 0.3) is 44.8 Å². The summed E-state index contributed by atoms with van der Waals surface area (Å²) >= 11 is 11.3. The minimum absolute atomic E-state index is 0.0201. The first-order chi connectivity index (χ1) is 49.6. The van der Waals surface area contributed by atoms with Crippen molar-refractivity contribution in [1.82, 2.24) is 69.5 Å². The molecule has 0 radical (unpaired) electrons. The molecule has 9 heterocycles. The average molecular weight is 1530 g/mol. The van der Waals surface area contributed by atoms with E-state index in [9.17, 15) is 39.2 Å². The maximum Gasteiger partial charge on any atom is 0.343 e. The maximum absolute atomic E-state index is 15.5. The molecule has 0 aliphatic carbocycles. The van der Waals surface area contributed by atoms with Crippen LogP contribution in [0.4, 0.5) is 17.5 Å². The summed E-state index contributed by atoms with van der Waals surface area (Å²) in [6, 6.07) is 25.9. The molecule has 2 amide bonds. The van der Waals surface area contributed by atoms with Crippen LogP contribution in [0.15, 0.2) is 121 Å². The highest BCUT2D eigenvalue weighted by Gasteiger charge is 2.52. The van der Waals surface area contributed by atoms with Gasteiger partial charge in [-0.1, -0.05) is 72.7 Å². The lowest BCUT2D eigenvalue weighted by atomic mass is 9.95. The lowest BCUT2D eigenvalue weighted by Crippen LogP contribution is -2.47. The van der Waals surface area contributed by atoms with E-state index < -0.39 is 93.6 Å². The van der Waals surface area contributed by atoms with Crippen LogP contribution in [-0.4, -0.2) is 168 Å². The van der Waals surface area contributed by atoms with E-state index >= 15 is 4.57 Å². The number of amides is 2. The SMILES string of the molecule is CP(O)(=S)OCCCCCCNC(=O)CCCCC(=O)N1Cc2ccccc2-c2nnn(CCOc3ccc(C(=O)Oc4ccc(CS[P@@]5(=O)N[C@H]6[C@@H](O)[C@H](n7cnc8c(N)ncnc87)O[C@@H]6COP(O)(=S)N[C@H]6[C@@H](O)[C@H](n7cnc8c(=O)[nH]c(N)nc87)O[C@@H]6CO5)cc4)cc3)c2-c2ccccc21. The van der Waals surface area contributed by atoms with Gasteiger partial charge in [0.1, 0.15) is 60.1 Å². The van der Waals surface area contributed by atoms with E-state index in [2.05, 4.69) is 55.7 Å². The minimum atomic E-state index is -4.27. The topological polar surface area (TPSA) is 443 Å². The number of hydrogen-bond acceptors (Lipinski definition) is 26. The predicted octanol–water partition coefficient (Wildman–Crippen LogP) is 6.12. The van der Waals surface area contributed by atoms with Crippen molar-refractivity contribution in [2.24, 2.45) is 0 Å². The summed E-state index contributed by atoms with van der Waals surface area (Å²) < 4.78 is 62.2. The van der Waals surface area contributed by atoms with E-state index in [1.165, 1.54) is 34.8 Å². The van der Waals surface area contributed by atoms with Crippen LogP contribution >= 0.6 is 31.2 Å². The monoisotopic (exact) mass is 1530 g/mol. The number of aromatic nitrogens is 11. The van der Waals surface area contributed by atoms with Crippen molar-refractivity contribution < 1.29 is 71.5 Å². The maximum atomic E-state index is 15.5. The summed E-state index contributed by atoms with van der Waals surface area (Å²) in [4.78, 5) is 99.6. The number of ether oxygens (including phenoxy) is 4. The fourth-order valence-electron chi connectivity index (χ4n) is 12.5. The third-order valence-corrected chi connectivity index (χ3v) is 24.3. The smallest absolute Gasteiger partial charge is 0.343 e. The largest absolute Gasteiger partial charge is 0.492 e. The molecule has 4 aliphatic rings. The van der Waals surface area contributed by atoms with Crippen LogP contribution in [0, 0.1) is 0 Å². The number of rotatable bonds is 24. The molecule has 33 nitrogen and oxygen atoms in total. The second-order valence-electron chi connectivity index (χ2n) is 24.8. The van der Waals surface area contributed by atoms with Gasteiger partial charge in [-0.3, -0.25) is 33.1 Å². The Hall–Kier alpha value is -7.83. The van der Waals surface area contributed by atoms with Crippen molar-refractivity contribution in [2.45, 2.75) is 119 Å². The highest BCUT2D eigenvalue weighted by Crippen LogP contribution is 2.60. The molecular weight excluding hydrogens is 1450 g/mol. The Morgan fingerprint density at radius 2 is 1.46 bits per heavy atom. The molecule has 12 N–H and O–H groups in total. The summed E-state index contributed by atoms with van der Waals surface area (Å²) in [6.45, 7) is -8.74. The molecule has 39 heteroatoms. The lowest BCUT2D eigenvalue weighted by molar-refractivity contribution is -0.122. The summed E-state index contributed by atoms with van der Waals surface area (Å²) in [5.74, 6) is -0.250. The lowest BCUT2D eigenvalue weighted by Gasteiger charge is -2.32. The Balaban J connectivity index is 0.637. The molecule has 5 aromatic heterocycles. The summed E-state index contributed by atoms with van der Waals surface area (Å²) in [5, 5.41) is 42.1. The van der Waals surface area contributed by atoms with E-state index in [0.717, 1.165) is 53.8 Å². The van der Waals surface area contributed by atoms with Gasteiger partial charge in [-0.15, -0.1) is 5.10 Å². The molecule has 3 fully saturated rings. The van der Waals surface area contributed by atoms with Crippen LogP contribution in [0.5, 0.6) is 11.5 Å². The Kier molecular flexibility index (Phi) is 22.7. The van der Waals surface area contributed by atoms with Crippen LogP contribution in [0.2, 0.25) is 0 Å². The van der Waals surface area contributed by atoms with Crippen molar-refractivity contribution >= 4 is 112 Å². The van der Waals surface area contributed by atoms with Crippen LogP contribution in [0.3, 0.4) is 0 Å². The number of para-hydroxylation sites is 1. The van der Waals surface area contributed by atoms with Gasteiger partial charge >= 0.3 is 12.7 Å². The number of nitrogen functional groups attached to an aromatic ring is 2. The zero-order valence-corrected chi connectivity index (χ0v) is 60.4. The normalized spacial score (nSPS) is 23.9. The molecule has 13 rings (SSSR count). The molecule has 0 bridgehead atoms. The first-order valence-corrected chi connectivity index (χ1v) is 42.0. The van der Waals surface area contributed by atoms with Crippen molar-refractivity contribution in [3.8, 4) is 34.0 Å². The van der Waals surface area contributed by atoms with Gasteiger partial charge in [0.2, 0.25) is 17.8 Å². The highest BCUT2D eigenvalue weighted by atomic mass is 32.7. The fourth-order valence-corrected chi connectivity index (χ4v) is 18.6. The molecule has 4 aromatic carbocycles. The molecule has 3 saturated heterocycles. The number of unbranched alkanes of at least 4 members (excludes halogenated alkanes) is 4. The molecule has 544 valence electrons. The van der Waals surface area contributed by atoms with E-state index in [1.54, 1.807) is 58.1 Å². The Morgan fingerprint density at radius 3 is 2.21 bits per heavy atom. The zero-order valence-electron chi connectivity index (χ0n) is 55.2. The highest BCUT2D eigenvalue weighted by molar-refractivity contribution is 8.55. The number of anilines is 3. The minimum Gasteiger partial charge on any atom is -0.492 e. The number of nitrogens with zero attached hydrogens (tertiary/aromatic N) is 11. The number of aliphatic hydroxyl groups excluding tert-OH is 2. The van der Waals surface area contributed by atoms with Gasteiger partial charge in [0.15, 0.2) is 41.6 Å². The fraction of sp³-hybridized carbons (Fsp3) is 0.391. The van der Waals surface area contributed by atoms with Crippen LogP contribution in [0.1, 0.15) is 85.3 Å². The third-order valence-electron chi connectivity index (χ3n) is 17.6. The summed E-state index contributed by atoms with van der Waals surface area (Å²) in [6.07, 6.45) is 0.839. The number of benzene rings is 4. The van der Waals surface area contributed by atoms with Gasteiger partial charge in [-0.05, 0) is 114 Å². The number of esters is 1. The summed E-state index contributed by atoms with van der Waals surface area (Å²) in [7, 11) is 0. The average Bonchev–Trinajstić information content (AvgIpc) is 1.67. The van der Waals surface area contributed by atoms with E-state index in [1.807, 2.05) is 48.5 Å². The molecular formula is C64H74N17O16P3S3. The Labute approximate surface area is 602 Å². The Morgan fingerprint density at radius 1 is 0.786 bits per heavy atom. The van der Waals surface area contributed by atoms with Gasteiger partial charge in [0.05, 0.1) is 74.6 Å². The number of carbonyl (C=O) groups is 3. The van der Waals surface area contributed by atoms with Crippen molar-refractivity contribution in [3.05, 3.63) is 143 Å². The second-order valence-corrected chi connectivity index (χ2v) is 36.1. The van der Waals surface area contributed by atoms with E-state index in [0.29, 0.717) is 67.3 Å².